The van der Waals surface area contributed by atoms with Gasteiger partial charge in [-0.2, -0.15) is 0 Å². The predicted molar refractivity (Wildman–Crippen MR) is 73.4 cm³/mol. The maximum absolute atomic E-state index is 5.20. The van der Waals surface area contributed by atoms with E-state index in [1.54, 1.807) is 7.11 Å². The molecule has 0 radical (unpaired) electrons. The van der Waals surface area contributed by atoms with E-state index in [4.69, 9.17) is 4.74 Å². The number of hydrogen-bond donors (Lipinski definition) is 1. The molecule has 1 rings (SSSR count). The largest absolute Gasteiger partial charge is 0.497 e. The van der Waals surface area contributed by atoms with Gasteiger partial charge in [0.25, 0.3) is 0 Å². The van der Waals surface area contributed by atoms with E-state index in [0.29, 0.717) is 5.41 Å². The van der Waals surface area contributed by atoms with Gasteiger partial charge in [-0.05, 0) is 42.5 Å². The molecule has 0 saturated heterocycles. The normalized spacial score (nSPS) is 11.5. The zero-order valence-electron chi connectivity index (χ0n) is 11.5. The van der Waals surface area contributed by atoms with E-state index in [2.05, 4.69) is 38.2 Å². The smallest absolute Gasteiger partial charge is 0.119 e. The van der Waals surface area contributed by atoms with Crippen molar-refractivity contribution in [3.63, 3.8) is 0 Å². The molecule has 0 fully saturated rings. The summed E-state index contributed by atoms with van der Waals surface area (Å²) in [5.74, 6) is 0.930. The first-order valence-electron chi connectivity index (χ1n) is 6.35. The Labute approximate surface area is 105 Å². The van der Waals surface area contributed by atoms with Crippen molar-refractivity contribution in [3.05, 3.63) is 29.8 Å². The Morgan fingerprint density at radius 3 is 2.65 bits per heavy atom. The highest BCUT2D eigenvalue weighted by atomic mass is 16.5. The standard InChI is InChI=1S/C15H25NO/c1-15(2,3)9-6-10-16-12-13-7-5-8-14(11-13)17-4/h5,7-8,11,16H,6,9-10,12H2,1-4H3. The molecular formula is C15H25NO. The van der Waals surface area contributed by atoms with Crippen molar-refractivity contribution < 1.29 is 4.74 Å². The summed E-state index contributed by atoms with van der Waals surface area (Å²) < 4.78 is 5.20. The molecule has 0 aliphatic heterocycles. The average Bonchev–Trinajstić information content (AvgIpc) is 2.27. The second kappa shape index (κ2) is 6.65. The van der Waals surface area contributed by atoms with Crippen molar-refractivity contribution in [3.8, 4) is 5.75 Å². The number of rotatable bonds is 6. The number of nitrogens with one attached hydrogen (secondary N) is 1. The summed E-state index contributed by atoms with van der Waals surface area (Å²) in [6.07, 6.45) is 2.49. The van der Waals surface area contributed by atoms with Crippen molar-refractivity contribution in [1.82, 2.24) is 5.32 Å². The lowest BCUT2D eigenvalue weighted by molar-refractivity contribution is 0.361. The molecule has 0 saturated carbocycles. The maximum atomic E-state index is 5.20. The van der Waals surface area contributed by atoms with Crippen LogP contribution in [0.1, 0.15) is 39.2 Å². The molecule has 0 aliphatic rings. The van der Waals surface area contributed by atoms with Crippen molar-refractivity contribution in [2.24, 2.45) is 5.41 Å². The fourth-order valence-electron chi connectivity index (χ4n) is 1.76. The summed E-state index contributed by atoms with van der Waals surface area (Å²) >= 11 is 0. The van der Waals surface area contributed by atoms with E-state index >= 15 is 0 Å². The second-order valence-electron chi connectivity index (χ2n) is 5.69. The molecular weight excluding hydrogens is 210 g/mol. The molecule has 17 heavy (non-hydrogen) atoms. The number of methoxy groups -OCH3 is 1. The first-order chi connectivity index (χ1) is 8.01. The van der Waals surface area contributed by atoms with Gasteiger partial charge >= 0.3 is 0 Å². The third-order valence-corrected chi connectivity index (χ3v) is 2.74. The lowest BCUT2D eigenvalue weighted by Gasteiger charge is -2.17. The molecule has 0 aliphatic carbocycles. The van der Waals surface area contributed by atoms with Crippen LogP contribution in [0, 0.1) is 5.41 Å². The summed E-state index contributed by atoms with van der Waals surface area (Å²) in [6.45, 7) is 8.86. The Balaban J connectivity index is 2.22. The minimum absolute atomic E-state index is 0.442. The van der Waals surface area contributed by atoms with Crippen LogP contribution in [0.4, 0.5) is 0 Å². The van der Waals surface area contributed by atoms with E-state index < -0.39 is 0 Å². The number of benzene rings is 1. The molecule has 0 aromatic heterocycles. The summed E-state index contributed by atoms with van der Waals surface area (Å²) in [5, 5.41) is 3.47. The van der Waals surface area contributed by atoms with Gasteiger partial charge in [0.05, 0.1) is 7.11 Å². The summed E-state index contributed by atoms with van der Waals surface area (Å²) in [5.41, 5.74) is 1.72. The van der Waals surface area contributed by atoms with Gasteiger partial charge in [-0.25, -0.2) is 0 Å². The molecule has 2 heteroatoms. The molecule has 0 atom stereocenters. The lowest BCUT2D eigenvalue weighted by atomic mass is 9.91. The molecule has 0 unspecified atom stereocenters. The van der Waals surface area contributed by atoms with Crippen LogP contribution in [0.3, 0.4) is 0 Å². The molecule has 0 spiro atoms. The summed E-state index contributed by atoms with van der Waals surface area (Å²) in [6, 6.07) is 8.21. The van der Waals surface area contributed by atoms with Crippen LogP contribution in [0.5, 0.6) is 5.75 Å². The van der Waals surface area contributed by atoms with E-state index in [9.17, 15) is 0 Å². The fraction of sp³-hybridized carbons (Fsp3) is 0.600. The highest BCUT2D eigenvalue weighted by Crippen LogP contribution is 2.19. The summed E-state index contributed by atoms with van der Waals surface area (Å²) in [4.78, 5) is 0. The molecule has 0 heterocycles. The molecule has 1 aromatic carbocycles. The minimum Gasteiger partial charge on any atom is -0.497 e. The van der Waals surface area contributed by atoms with E-state index in [-0.39, 0.29) is 0 Å². The van der Waals surface area contributed by atoms with Gasteiger partial charge in [0.2, 0.25) is 0 Å². The SMILES string of the molecule is COc1cccc(CNCCCC(C)(C)C)c1. The monoisotopic (exact) mass is 235 g/mol. The molecule has 0 bridgehead atoms. The molecule has 0 amide bonds. The average molecular weight is 235 g/mol. The topological polar surface area (TPSA) is 21.3 Å². The summed E-state index contributed by atoms with van der Waals surface area (Å²) in [7, 11) is 1.70. The Morgan fingerprint density at radius 1 is 1.24 bits per heavy atom. The number of hydrogen-bond acceptors (Lipinski definition) is 2. The van der Waals surface area contributed by atoms with Crippen LogP contribution in [-0.2, 0) is 6.54 Å². The van der Waals surface area contributed by atoms with Crippen LogP contribution in [0.25, 0.3) is 0 Å². The first-order valence-corrected chi connectivity index (χ1v) is 6.35. The zero-order chi connectivity index (χ0) is 12.7. The van der Waals surface area contributed by atoms with Gasteiger partial charge in [0.1, 0.15) is 5.75 Å². The lowest BCUT2D eigenvalue weighted by Crippen LogP contribution is -2.17. The quantitative estimate of drug-likeness (QED) is 0.761. The van der Waals surface area contributed by atoms with Gasteiger partial charge in [0.15, 0.2) is 0 Å². The highest BCUT2D eigenvalue weighted by molar-refractivity contribution is 5.28. The maximum Gasteiger partial charge on any atom is 0.119 e. The predicted octanol–water partition coefficient (Wildman–Crippen LogP) is 3.61. The minimum atomic E-state index is 0.442. The van der Waals surface area contributed by atoms with Crippen molar-refractivity contribution in [2.45, 2.75) is 40.2 Å². The fourth-order valence-corrected chi connectivity index (χ4v) is 1.76. The second-order valence-corrected chi connectivity index (χ2v) is 5.69. The first kappa shape index (κ1) is 14.0. The van der Waals surface area contributed by atoms with Crippen molar-refractivity contribution in [1.29, 1.82) is 0 Å². The van der Waals surface area contributed by atoms with Crippen LogP contribution in [0.15, 0.2) is 24.3 Å². The molecule has 1 N–H and O–H groups in total. The van der Waals surface area contributed by atoms with Gasteiger partial charge in [-0.15, -0.1) is 0 Å². The number of ether oxygens (including phenoxy) is 1. The third-order valence-electron chi connectivity index (χ3n) is 2.74. The van der Waals surface area contributed by atoms with Gasteiger partial charge in [-0.1, -0.05) is 32.9 Å². The Kier molecular flexibility index (Phi) is 5.49. The van der Waals surface area contributed by atoms with Crippen LogP contribution < -0.4 is 10.1 Å². The van der Waals surface area contributed by atoms with E-state index in [0.717, 1.165) is 18.8 Å². The Hall–Kier alpha value is -1.02. The van der Waals surface area contributed by atoms with E-state index in [1.807, 2.05) is 12.1 Å². The molecule has 1 aromatic rings. The van der Waals surface area contributed by atoms with Gasteiger partial charge < -0.3 is 10.1 Å². The zero-order valence-corrected chi connectivity index (χ0v) is 11.5. The Bertz CT molecular complexity index is 328. The van der Waals surface area contributed by atoms with Crippen LogP contribution >= 0.6 is 0 Å². The van der Waals surface area contributed by atoms with Crippen molar-refractivity contribution in [2.75, 3.05) is 13.7 Å². The Morgan fingerprint density at radius 2 is 2.00 bits per heavy atom. The highest BCUT2D eigenvalue weighted by Gasteiger charge is 2.08. The van der Waals surface area contributed by atoms with Gasteiger partial charge in [0, 0.05) is 6.54 Å². The third kappa shape index (κ3) is 6.32. The van der Waals surface area contributed by atoms with Crippen LogP contribution in [-0.4, -0.2) is 13.7 Å². The van der Waals surface area contributed by atoms with E-state index in [1.165, 1.54) is 18.4 Å². The van der Waals surface area contributed by atoms with Crippen molar-refractivity contribution >= 4 is 0 Å². The molecule has 96 valence electrons. The molecule has 2 nitrogen and oxygen atoms in total. The van der Waals surface area contributed by atoms with Gasteiger partial charge in [-0.3, -0.25) is 0 Å². The van der Waals surface area contributed by atoms with Crippen LogP contribution in [0.2, 0.25) is 0 Å².